The van der Waals surface area contributed by atoms with Crippen LogP contribution in [0.15, 0.2) is 30.3 Å². The largest absolute Gasteiger partial charge is 0.496 e. The van der Waals surface area contributed by atoms with E-state index in [2.05, 4.69) is 15.3 Å². The van der Waals surface area contributed by atoms with Crippen LogP contribution >= 0.6 is 0 Å². The second-order valence-corrected chi connectivity index (χ2v) is 8.75. The minimum Gasteiger partial charge on any atom is -0.496 e. The molecule has 0 aliphatic carbocycles. The van der Waals surface area contributed by atoms with Gasteiger partial charge in [-0.3, -0.25) is 0 Å². The highest BCUT2D eigenvalue weighted by Crippen LogP contribution is 2.23. The van der Waals surface area contributed by atoms with E-state index in [1.807, 2.05) is 49.2 Å². The van der Waals surface area contributed by atoms with Crippen LogP contribution in [-0.4, -0.2) is 50.1 Å². The van der Waals surface area contributed by atoms with Gasteiger partial charge in [-0.25, -0.2) is 13.4 Å². The lowest BCUT2D eigenvalue weighted by molar-refractivity contribution is 0.410. The maximum Gasteiger partial charge on any atom is 0.225 e. The first-order chi connectivity index (χ1) is 12.4. The van der Waals surface area contributed by atoms with Crippen molar-refractivity contribution in [2.24, 2.45) is 0 Å². The van der Waals surface area contributed by atoms with Gasteiger partial charge in [-0.15, -0.1) is 0 Å². The summed E-state index contributed by atoms with van der Waals surface area (Å²) in [7, 11) is 0.592. The molecule has 1 saturated heterocycles. The average molecular weight is 376 g/mol. The number of anilines is 2. The van der Waals surface area contributed by atoms with Crippen molar-refractivity contribution >= 4 is 21.6 Å². The van der Waals surface area contributed by atoms with Gasteiger partial charge in [0.2, 0.25) is 5.95 Å². The number of ether oxygens (including phenoxy) is 1. The summed E-state index contributed by atoms with van der Waals surface area (Å²) in [6.45, 7) is 2.44. The Balaban J connectivity index is 1.75. The van der Waals surface area contributed by atoms with Gasteiger partial charge in [0, 0.05) is 37.0 Å². The molecule has 1 atom stereocenters. The van der Waals surface area contributed by atoms with E-state index in [9.17, 15) is 8.42 Å². The number of para-hydroxylation sites is 1. The van der Waals surface area contributed by atoms with Gasteiger partial charge in [0.1, 0.15) is 11.6 Å². The van der Waals surface area contributed by atoms with Crippen molar-refractivity contribution in [2.45, 2.75) is 25.9 Å². The van der Waals surface area contributed by atoms with E-state index < -0.39 is 9.84 Å². The average Bonchev–Trinajstić information content (AvgIpc) is 2.99. The summed E-state index contributed by atoms with van der Waals surface area (Å²) >= 11 is 0. The molecular formula is C18H24N4O3S. The predicted octanol–water partition coefficient (Wildman–Crippen LogP) is 2.03. The molecule has 3 rings (SSSR count). The van der Waals surface area contributed by atoms with Crippen molar-refractivity contribution in [2.75, 3.05) is 35.9 Å². The Hall–Kier alpha value is -2.35. The smallest absolute Gasteiger partial charge is 0.225 e. The summed E-state index contributed by atoms with van der Waals surface area (Å²) in [6.07, 6.45) is 0.631. The van der Waals surface area contributed by atoms with Gasteiger partial charge in [0.25, 0.3) is 0 Å². The van der Waals surface area contributed by atoms with E-state index in [1.165, 1.54) is 0 Å². The maximum absolute atomic E-state index is 11.7. The zero-order valence-corrected chi connectivity index (χ0v) is 16.1. The molecule has 140 valence electrons. The first-order valence-electron chi connectivity index (χ1n) is 8.52. The van der Waals surface area contributed by atoms with Crippen LogP contribution in [0.3, 0.4) is 0 Å². The van der Waals surface area contributed by atoms with Crippen LogP contribution in [0.4, 0.5) is 11.8 Å². The first kappa shape index (κ1) is 18.4. The number of sulfone groups is 1. The minimum absolute atomic E-state index is 0.0450. The van der Waals surface area contributed by atoms with Crippen molar-refractivity contribution in [1.82, 2.24) is 9.97 Å². The zero-order valence-electron chi connectivity index (χ0n) is 15.3. The second kappa shape index (κ2) is 7.49. The Labute approximate surface area is 154 Å². The van der Waals surface area contributed by atoms with E-state index in [0.717, 1.165) is 22.8 Å². The van der Waals surface area contributed by atoms with Crippen LogP contribution < -0.4 is 15.0 Å². The number of hydrogen-bond donors (Lipinski definition) is 1. The molecule has 1 aliphatic rings. The third-order valence-corrected chi connectivity index (χ3v) is 6.34. The summed E-state index contributed by atoms with van der Waals surface area (Å²) in [5.74, 6) is 2.46. The molecule has 0 bridgehead atoms. The van der Waals surface area contributed by atoms with Gasteiger partial charge < -0.3 is 15.0 Å². The lowest BCUT2D eigenvalue weighted by Gasteiger charge is -2.25. The molecule has 1 N–H and O–H groups in total. The Morgan fingerprint density at radius 2 is 2.08 bits per heavy atom. The molecule has 0 amide bonds. The number of benzene rings is 1. The zero-order chi connectivity index (χ0) is 18.7. The topological polar surface area (TPSA) is 84.4 Å². The number of aryl methyl sites for hydroxylation is 1. The standard InChI is InChI=1S/C18H24N4O3S/c1-13-10-17(22(2)15-8-9-26(23,24)12-15)21-18(20-13)19-11-14-6-4-5-7-16(14)25-3/h4-7,10,15H,8-9,11-12H2,1-3H3,(H,19,20,21). The van der Waals surface area contributed by atoms with Crippen molar-refractivity contribution in [3.63, 3.8) is 0 Å². The number of methoxy groups -OCH3 is 1. The Morgan fingerprint density at radius 1 is 1.31 bits per heavy atom. The van der Waals surface area contributed by atoms with Gasteiger partial charge >= 0.3 is 0 Å². The van der Waals surface area contributed by atoms with Crippen molar-refractivity contribution in [3.05, 3.63) is 41.6 Å². The maximum atomic E-state index is 11.7. The quantitative estimate of drug-likeness (QED) is 0.826. The molecule has 0 spiro atoms. The van der Waals surface area contributed by atoms with Gasteiger partial charge in [0.15, 0.2) is 9.84 Å². The highest BCUT2D eigenvalue weighted by atomic mass is 32.2. The van der Waals surface area contributed by atoms with Crippen LogP contribution in [0.1, 0.15) is 17.7 Å². The molecule has 2 aromatic rings. The number of aromatic nitrogens is 2. The van der Waals surface area contributed by atoms with Crippen LogP contribution in [0.2, 0.25) is 0 Å². The molecular weight excluding hydrogens is 352 g/mol. The number of hydrogen-bond acceptors (Lipinski definition) is 7. The van der Waals surface area contributed by atoms with Gasteiger partial charge in [-0.1, -0.05) is 18.2 Å². The molecule has 7 nitrogen and oxygen atoms in total. The molecule has 0 saturated carbocycles. The van der Waals surface area contributed by atoms with Crippen molar-refractivity contribution < 1.29 is 13.2 Å². The van der Waals surface area contributed by atoms with Crippen molar-refractivity contribution in [3.8, 4) is 5.75 Å². The van der Waals surface area contributed by atoms with E-state index >= 15 is 0 Å². The van der Waals surface area contributed by atoms with E-state index in [0.29, 0.717) is 18.9 Å². The molecule has 1 aromatic carbocycles. The number of nitrogens with zero attached hydrogens (tertiary/aromatic N) is 3. The normalized spacial score (nSPS) is 18.5. The summed E-state index contributed by atoms with van der Waals surface area (Å²) < 4.78 is 28.9. The predicted molar refractivity (Wildman–Crippen MR) is 103 cm³/mol. The summed E-state index contributed by atoms with van der Waals surface area (Å²) in [4.78, 5) is 10.9. The van der Waals surface area contributed by atoms with Crippen molar-refractivity contribution in [1.29, 1.82) is 0 Å². The second-order valence-electron chi connectivity index (χ2n) is 6.52. The van der Waals surface area contributed by atoms with Crippen LogP contribution in [0, 0.1) is 6.92 Å². The monoisotopic (exact) mass is 376 g/mol. The molecule has 8 heteroatoms. The minimum atomic E-state index is -2.94. The fraction of sp³-hybridized carbons (Fsp3) is 0.444. The van der Waals surface area contributed by atoms with Gasteiger partial charge in [0.05, 0.1) is 18.6 Å². The molecule has 1 aromatic heterocycles. The van der Waals surface area contributed by atoms with E-state index in [1.54, 1.807) is 7.11 Å². The third-order valence-electron chi connectivity index (χ3n) is 4.59. The summed E-state index contributed by atoms with van der Waals surface area (Å²) in [5.41, 5.74) is 1.84. The summed E-state index contributed by atoms with van der Waals surface area (Å²) in [6, 6.07) is 9.60. The number of rotatable bonds is 6. The lowest BCUT2D eigenvalue weighted by Crippen LogP contribution is -2.33. The Bertz CT molecular complexity index is 886. The highest BCUT2D eigenvalue weighted by Gasteiger charge is 2.31. The Morgan fingerprint density at radius 3 is 2.77 bits per heavy atom. The first-order valence-corrected chi connectivity index (χ1v) is 10.3. The molecule has 1 fully saturated rings. The van der Waals surface area contributed by atoms with Gasteiger partial charge in [-0.2, -0.15) is 4.98 Å². The van der Waals surface area contributed by atoms with E-state index in [4.69, 9.17) is 4.74 Å². The van der Waals surface area contributed by atoms with Crippen LogP contribution in [0.5, 0.6) is 5.75 Å². The molecule has 1 unspecified atom stereocenters. The molecule has 26 heavy (non-hydrogen) atoms. The third kappa shape index (κ3) is 4.24. The van der Waals surface area contributed by atoms with Gasteiger partial charge in [-0.05, 0) is 19.4 Å². The fourth-order valence-corrected chi connectivity index (χ4v) is 4.88. The molecule has 1 aliphatic heterocycles. The summed E-state index contributed by atoms with van der Waals surface area (Å²) in [5, 5.41) is 3.23. The SMILES string of the molecule is COc1ccccc1CNc1nc(C)cc(N(C)C2CCS(=O)(=O)C2)n1. The van der Waals surface area contributed by atoms with Crippen LogP contribution in [0.25, 0.3) is 0 Å². The van der Waals surface area contributed by atoms with Crippen LogP contribution in [-0.2, 0) is 16.4 Å². The number of nitrogens with one attached hydrogen (secondary N) is 1. The van der Waals surface area contributed by atoms with E-state index in [-0.39, 0.29) is 17.5 Å². The molecule has 2 heterocycles. The Kier molecular flexibility index (Phi) is 5.31. The molecule has 0 radical (unpaired) electrons. The lowest BCUT2D eigenvalue weighted by atomic mass is 10.2. The fourth-order valence-electron chi connectivity index (χ4n) is 3.10. The highest BCUT2D eigenvalue weighted by molar-refractivity contribution is 7.91.